The molecule has 0 radical (unpaired) electrons. The number of aromatic amines is 1. The number of nitrogens with zero attached hydrogens (tertiary/aromatic N) is 2. The predicted molar refractivity (Wildman–Crippen MR) is 115 cm³/mol. The molecule has 0 atom stereocenters. The number of rotatable bonds is 6. The fourth-order valence-electron chi connectivity index (χ4n) is 4.21. The molecule has 6 heteroatoms. The van der Waals surface area contributed by atoms with Crippen LogP contribution in [-0.4, -0.2) is 27.4 Å². The molecule has 2 saturated carbocycles. The summed E-state index contributed by atoms with van der Waals surface area (Å²) in [6.07, 6.45) is 10.5. The molecular weight excluding hydrogens is 362 g/mol. The van der Waals surface area contributed by atoms with Crippen molar-refractivity contribution in [3.63, 3.8) is 0 Å². The molecule has 0 unspecified atom stereocenters. The van der Waals surface area contributed by atoms with Crippen molar-refractivity contribution in [2.75, 3.05) is 17.2 Å². The lowest BCUT2D eigenvalue weighted by molar-refractivity contribution is 0.102. The van der Waals surface area contributed by atoms with E-state index in [1.165, 1.54) is 32.1 Å². The van der Waals surface area contributed by atoms with Gasteiger partial charge in [-0.3, -0.25) is 4.79 Å². The molecule has 2 aliphatic carbocycles. The van der Waals surface area contributed by atoms with E-state index in [-0.39, 0.29) is 5.91 Å². The average Bonchev–Trinajstić information content (AvgIpc) is 3.47. The van der Waals surface area contributed by atoms with E-state index in [0.29, 0.717) is 17.6 Å². The molecular formula is C23H27N5O. The Kier molecular flexibility index (Phi) is 4.92. The number of fused-ring (bicyclic) bond motifs is 1. The minimum absolute atomic E-state index is 0.187. The molecule has 29 heavy (non-hydrogen) atoms. The van der Waals surface area contributed by atoms with Crippen molar-refractivity contribution in [1.29, 1.82) is 0 Å². The minimum Gasteiger partial charge on any atom is -0.361 e. The van der Waals surface area contributed by atoms with Gasteiger partial charge in [0, 0.05) is 35.3 Å². The number of carbonyl (C=O) groups excluding carboxylic acids is 1. The molecule has 0 bridgehead atoms. The van der Waals surface area contributed by atoms with Crippen LogP contribution in [0.1, 0.15) is 67.0 Å². The second kappa shape index (κ2) is 7.85. The van der Waals surface area contributed by atoms with Gasteiger partial charge in [0.2, 0.25) is 5.95 Å². The SMILES string of the molecule is O=C(Nc1cccc2[nH]ccc12)c1cc(C2CCCCC2)nc(NCC2CC2)n1. The van der Waals surface area contributed by atoms with Crippen LogP contribution >= 0.6 is 0 Å². The van der Waals surface area contributed by atoms with Gasteiger partial charge >= 0.3 is 0 Å². The summed E-state index contributed by atoms with van der Waals surface area (Å²) in [5.74, 6) is 1.55. The topological polar surface area (TPSA) is 82.7 Å². The Hall–Kier alpha value is -2.89. The first-order valence-electron chi connectivity index (χ1n) is 10.8. The van der Waals surface area contributed by atoms with Crippen LogP contribution in [0.2, 0.25) is 0 Å². The number of nitrogens with one attached hydrogen (secondary N) is 3. The minimum atomic E-state index is -0.187. The van der Waals surface area contributed by atoms with Crippen LogP contribution in [0.5, 0.6) is 0 Å². The number of benzene rings is 1. The van der Waals surface area contributed by atoms with Gasteiger partial charge in [-0.1, -0.05) is 25.3 Å². The molecule has 1 amide bonds. The van der Waals surface area contributed by atoms with Crippen LogP contribution in [0.4, 0.5) is 11.6 Å². The second-order valence-corrected chi connectivity index (χ2v) is 8.36. The summed E-state index contributed by atoms with van der Waals surface area (Å²) in [5, 5.41) is 7.40. The Morgan fingerprint density at radius 1 is 1.07 bits per heavy atom. The molecule has 2 heterocycles. The average molecular weight is 390 g/mol. The van der Waals surface area contributed by atoms with Gasteiger partial charge in [0.05, 0.1) is 5.69 Å². The number of anilines is 2. The van der Waals surface area contributed by atoms with Crippen LogP contribution in [0.25, 0.3) is 10.9 Å². The normalized spacial score (nSPS) is 17.4. The summed E-state index contributed by atoms with van der Waals surface area (Å²) >= 11 is 0. The Bertz CT molecular complexity index is 1020. The van der Waals surface area contributed by atoms with Gasteiger partial charge in [-0.05, 0) is 55.9 Å². The van der Waals surface area contributed by atoms with Gasteiger partial charge in [-0.25, -0.2) is 9.97 Å². The van der Waals surface area contributed by atoms with Crippen molar-refractivity contribution in [1.82, 2.24) is 15.0 Å². The first kappa shape index (κ1) is 18.2. The molecule has 5 rings (SSSR count). The van der Waals surface area contributed by atoms with E-state index in [4.69, 9.17) is 4.98 Å². The molecule has 3 N–H and O–H groups in total. The van der Waals surface area contributed by atoms with Crippen molar-refractivity contribution >= 4 is 28.4 Å². The number of amides is 1. The highest BCUT2D eigenvalue weighted by Gasteiger charge is 2.23. The van der Waals surface area contributed by atoms with Crippen molar-refractivity contribution in [2.24, 2.45) is 5.92 Å². The zero-order chi connectivity index (χ0) is 19.6. The molecule has 0 spiro atoms. The summed E-state index contributed by atoms with van der Waals surface area (Å²) in [6.45, 7) is 0.887. The summed E-state index contributed by atoms with van der Waals surface area (Å²) in [4.78, 5) is 25.6. The number of H-pyrrole nitrogens is 1. The molecule has 2 aliphatic rings. The van der Waals surface area contributed by atoms with Crippen LogP contribution in [0, 0.1) is 5.92 Å². The lowest BCUT2D eigenvalue weighted by atomic mass is 9.86. The summed E-state index contributed by atoms with van der Waals surface area (Å²) in [7, 11) is 0. The van der Waals surface area contributed by atoms with E-state index < -0.39 is 0 Å². The van der Waals surface area contributed by atoms with Gasteiger partial charge in [0.1, 0.15) is 5.69 Å². The highest BCUT2D eigenvalue weighted by atomic mass is 16.1. The quantitative estimate of drug-likeness (QED) is 0.549. The summed E-state index contributed by atoms with van der Waals surface area (Å²) in [6, 6.07) is 9.72. The van der Waals surface area contributed by atoms with Gasteiger partial charge in [-0.2, -0.15) is 0 Å². The van der Waals surface area contributed by atoms with Crippen molar-refractivity contribution in [3.05, 3.63) is 47.9 Å². The lowest BCUT2D eigenvalue weighted by Crippen LogP contribution is -2.18. The van der Waals surface area contributed by atoms with Crippen LogP contribution in [-0.2, 0) is 0 Å². The molecule has 150 valence electrons. The third kappa shape index (κ3) is 4.11. The maximum atomic E-state index is 13.1. The van der Waals surface area contributed by atoms with Crippen LogP contribution in [0.3, 0.4) is 0 Å². The summed E-state index contributed by atoms with van der Waals surface area (Å²) in [5.41, 5.74) is 3.23. The number of hydrogen-bond donors (Lipinski definition) is 3. The van der Waals surface area contributed by atoms with Gasteiger partial charge in [-0.15, -0.1) is 0 Å². The Morgan fingerprint density at radius 2 is 1.93 bits per heavy atom. The highest BCUT2D eigenvalue weighted by molar-refractivity contribution is 6.08. The second-order valence-electron chi connectivity index (χ2n) is 8.36. The van der Waals surface area contributed by atoms with Gasteiger partial charge in [0.15, 0.2) is 0 Å². The summed E-state index contributed by atoms with van der Waals surface area (Å²) < 4.78 is 0. The first-order chi connectivity index (χ1) is 14.3. The van der Waals surface area contributed by atoms with E-state index in [9.17, 15) is 4.79 Å². The van der Waals surface area contributed by atoms with E-state index >= 15 is 0 Å². The third-order valence-electron chi connectivity index (χ3n) is 6.09. The van der Waals surface area contributed by atoms with Gasteiger partial charge < -0.3 is 15.6 Å². The smallest absolute Gasteiger partial charge is 0.274 e. The van der Waals surface area contributed by atoms with Crippen molar-refractivity contribution < 1.29 is 4.79 Å². The standard InChI is InChI=1S/C23H27N5O/c29-22(26-19-8-4-7-18-17(19)11-12-24-18)21-13-20(16-5-2-1-3-6-16)27-23(28-21)25-14-15-9-10-15/h4,7-8,11-13,15-16,24H,1-3,5-6,9-10,14H2,(H,26,29)(H,25,27,28). The largest absolute Gasteiger partial charge is 0.361 e. The van der Waals surface area contributed by atoms with Gasteiger partial charge in [0.25, 0.3) is 5.91 Å². The Morgan fingerprint density at radius 3 is 2.76 bits per heavy atom. The first-order valence-corrected chi connectivity index (χ1v) is 10.8. The monoisotopic (exact) mass is 389 g/mol. The molecule has 2 fully saturated rings. The van der Waals surface area contributed by atoms with Crippen molar-refractivity contribution in [3.8, 4) is 0 Å². The van der Waals surface area contributed by atoms with E-state index in [1.54, 1.807) is 0 Å². The molecule has 2 aromatic heterocycles. The number of aromatic nitrogens is 3. The molecule has 6 nitrogen and oxygen atoms in total. The Labute approximate surface area is 170 Å². The fourth-order valence-corrected chi connectivity index (χ4v) is 4.21. The maximum Gasteiger partial charge on any atom is 0.274 e. The van der Waals surface area contributed by atoms with Crippen LogP contribution < -0.4 is 10.6 Å². The number of carbonyl (C=O) groups is 1. The van der Waals surface area contributed by atoms with E-state index in [2.05, 4.69) is 20.6 Å². The molecule has 3 aromatic rings. The predicted octanol–water partition coefficient (Wildman–Crippen LogP) is 5.08. The maximum absolute atomic E-state index is 13.1. The van der Waals surface area contributed by atoms with E-state index in [1.807, 2.05) is 36.5 Å². The van der Waals surface area contributed by atoms with E-state index in [0.717, 1.165) is 47.6 Å². The zero-order valence-electron chi connectivity index (χ0n) is 16.6. The molecule has 0 aliphatic heterocycles. The van der Waals surface area contributed by atoms with Crippen molar-refractivity contribution in [2.45, 2.75) is 50.9 Å². The highest BCUT2D eigenvalue weighted by Crippen LogP contribution is 2.33. The van der Waals surface area contributed by atoms with Crippen LogP contribution in [0.15, 0.2) is 36.5 Å². The molecule has 1 aromatic carbocycles. The Balaban J connectivity index is 1.42. The zero-order valence-corrected chi connectivity index (χ0v) is 16.6. The fraction of sp³-hybridized carbons (Fsp3) is 0.435. The third-order valence-corrected chi connectivity index (χ3v) is 6.09. The number of hydrogen-bond acceptors (Lipinski definition) is 4. The molecule has 0 saturated heterocycles. The lowest BCUT2D eigenvalue weighted by Gasteiger charge is -2.22.